The molecule has 28 heavy (non-hydrogen) atoms. The van der Waals surface area contributed by atoms with Crippen molar-refractivity contribution in [2.24, 2.45) is 4.99 Å². The van der Waals surface area contributed by atoms with Crippen molar-refractivity contribution >= 4 is 15.8 Å². The molecule has 1 aliphatic carbocycles. The number of aliphatic imine (C=N–C) groups is 1. The van der Waals surface area contributed by atoms with Crippen molar-refractivity contribution in [2.75, 3.05) is 32.5 Å². The Labute approximate surface area is 170 Å². The Kier molecular flexibility index (Phi) is 9.78. The first-order chi connectivity index (χ1) is 13.5. The van der Waals surface area contributed by atoms with Crippen molar-refractivity contribution < 1.29 is 13.2 Å². The first-order valence-electron chi connectivity index (χ1n) is 10.4. The maximum atomic E-state index is 11.5. The summed E-state index contributed by atoms with van der Waals surface area (Å²) in [5, 5.41) is 6.58. The molecule has 7 heteroatoms. The number of guanidine groups is 1. The molecule has 1 aromatic rings. The highest BCUT2D eigenvalue weighted by atomic mass is 32.2. The Morgan fingerprint density at radius 3 is 2.39 bits per heavy atom. The van der Waals surface area contributed by atoms with E-state index in [4.69, 9.17) is 4.74 Å². The first kappa shape index (κ1) is 22.7. The zero-order chi connectivity index (χ0) is 20.2. The number of ether oxygens (including phenoxy) is 1. The van der Waals surface area contributed by atoms with Crippen LogP contribution in [0.25, 0.3) is 0 Å². The van der Waals surface area contributed by atoms with Crippen molar-refractivity contribution in [3.63, 3.8) is 0 Å². The third kappa shape index (κ3) is 8.61. The van der Waals surface area contributed by atoms with Gasteiger partial charge in [-0.15, -0.1) is 0 Å². The van der Waals surface area contributed by atoms with E-state index in [-0.39, 0.29) is 0 Å². The fraction of sp³-hybridized carbons (Fsp3) is 0.667. The molecule has 1 saturated carbocycles. The highest BCUT2D eigenvalue weighted by Gasteiger charge is 2.12. The molecule has 0 saturated heterocycles. The lowest BCUT2D eigenvalue weighted by atomic mass is 10.1. The molecule has 0 aromatic heterocycles. The van der Waals surface area contributed by atoms with Crippen LogP contribution in [0.1, 0.15) is 51.0 Å². The van der Waals surface area contributed by atoms with Crippen LogP contribution in [0.4, 0.5) is 0 Å². The largest absolute Gasteiger partial charge is 0.376 e. The van der Waals surface area contributed by atoms with Gasteiger partial charge in [-0.1, -0.05) is 37.8 Å². The van der Waals surface area contributed by atoms with Crippen molar-refractivity contribution in [3.05, 3.63) is 29.8 Å². The normalized spacial score (nSPS) is 16.6. The van der Waals surface area contributed by atoms with E-state index in [2.05, 4.69) is 15.6 Å². The lowest BCUT2D eigenvalue weighted by Gasteiger charge is -2.15. The molecule has 1 aliphatic rings. The predicted molar refractivity (Wildman–Crippen MR) is 115 cm³/mol. The summed E-state index contributed by atoms with van der Waals surface area (Å²) < 4.78 is 29.0. The number of hydrogen-bond donors (Lipinski definition) is 2. The van der Waals surface area contributed by atoms with Crippen LogP contribution in [0, 0.1) is 0 Å². The minimum absolute atomic E-state index is 0.354. The van der Waals surface area contributed by atoms with Crippen molar-refractivity contribution in [1.29, 1.82) is 0 Å². The summed E-state index contributed by atoms with van der Waals surface area (Å²) >= 11 is 0. The first-order valence-corrected chi connectivity index (χ1v) is 12.3. The summed E-state index contributed by atoms with van der Waals surface area (Å²) in [6.07, 6.45) is 10.0. The molecule has 0 aliphatic heterocycles. The summed E-state index contributed by atoms with van der Waals surface area (Å²) in [6, 6.07) is 7.05. The molecule has 0 spiro atoms. The van der Waals surface area contributed by atoms with E-state index in [0.717, 1.165) is 31.0 Å². The molecule has 0 amide bonds. The summed E-state index contributed by atoms with van der Waals surface area (Å²) in [5.41, 5.74) is 1.09. The van der Waals surface area contributed by atoms with Crippen molar-refractivity contribution in [3.8, 4) is 0 Å². The van der Waals surface area contributed by atoms with Crippen molar-refractivity contribution in [2.45, 2.75) is 62.9 Å². The third-order valence-electron chi connectivity index (χ3n) is 4.92. The van der Waals surface area contributed by atoms with Gasteiger partial charge in [-0.3, -0.25) is 4.99 Å². The van der Waals surface area contributed by atoms with Gasteiger partial charge >= 0.3 is 0 Å². The van der Waals surface area contributed by atoms with Gasteiger partial charge in [-0.2, -0.15) is 0 Å². The Morgan fingerprint density at radius 1 is 1.11 bits per heavy atom. The molecule has 0 unspecified atom stereocenters. The van der Waals surface area contributed by atoms with Crippen LogP contribution in [0.15, 0.2) is 34.2 Å². The summed E-state index contributed by atoms with van der Waals surface area (Å²) in [5.74, 6) is 0.791. The van der Waals surface area contributed by atoms with Gasteiger partial charge in [0.2, 0.25) is 0 Å². The van der Waals surface area contributed by atoms with E-state index < -0.39 is 9.84 Å². The molecule has 0 heterocycles. The molecular formula is C21H35N3O3S. The average Bonchev–Trinajstić information content (AvgIpc) is 2.94. The fourth-order valence-corrected chi connectivity index (χ4v) is 3.99. The Hall–Kier alpha value is -1.60. The molecule has 2 rings (SSSR count). The Balaban J connectivity index is 1.73. The second-order valence-electron chi connectivity index (χ2n) is 7.34. The standard InChI is InChI=1S/C21H35N3O3S/c1-3-22-21(24-16-17-27-19-8-6-4-5-7-9-19)23-15-14-18-10-12-20(13-11-18)28(2,25)26/h10-13,19H,3-9,14-17H2,1-2H3,(H2,22,23,24). The summed E-state index contributed by atoms with van der Waals surface area (Å²) in [7, 11) is -3.14. The second-order valence-corrected chi connectivity index (χ2v) is 9.35. The van der Waals surface area contributed by atoms with Crippen LogP contribution in [-0.2, 0) is 21.0 Å². The molecule has 0 bridgehead atoms. The SMILES string of the molecule is CCNC(=NCCOC1CCCCCC1)NCCc1ccc(S(C)(=O)=O)cc1. The monoisotopic (exact) mass is 409 g/mol. The van der Waals surface area contributed by atoms with Gasteiger partial charge in [0.05, 0.1) is 24.2 Å². The highest BCUT2D eigenvalue weighted by Crippen LogP contribution is 2.19. The smallest absolute Gasteiger partial charge is 0.191 e. The van der Waals surface area contributed by atoms with Gasteiger partial charge in [-0.25, -0.2) is 8.42 Å². The zero-order valence-electron chi connectivity index (χ0n) is 17.2. The number of nitrogens with one attached hydrogen (secondary N) is 2. The van der Waals surface area contributed by atoms with Crippen LogP contribution >= 0.6 is 0 Å². The molecule has 1 aromatic carbocycles. The average molecular weight is 410 g/mol. The Bertz CT molecular complexity index is 694. The molecule has 1 fully saturated rings. The van der Waals surface area contributed by atoms with E-state index in [0.29, 0.717) is 24.2 Å². The minimum atomic E-state index is -3.14. The molecule has 158 valence electrons. The number of benzene rings is 1. The van der Waals surface area contributed by atoms with Crippen LogP contribution in [0.3, 0.4) is 0 Å². The maximum Gasteiger partial charge on any atom is 0.191 e. The molecule has 2 N–H and O–H groups in total. The van der Waals surface area contributed by atoms with E-state index in [1.807, 2.05) is 19.1 Å². The van der Waals surface area contributed by atoms with Crippen LogP contribution in [-0.4, -0.2) is 53.0 Å². The van der Waals surface area contributed by atoms with E-state index >= 15 is 0 Å². The quantitative estimate of drug-likeness (QED) is 0.284. The van der Waals surface area contributed by atoms with E-state index in [1.165, 1.54) is 44.8 Å². The number of sulfone groups is 1. The lowest BCUT2D eigenvalue weighted by Crippen LogP contribution is -2.38. The molecular weight excluding hydrogens is 374 g/mol. The van der Waals surface area contributed by atoms with Crippen LogP contribution in [0.5, 0.6) is 0 Å². The number of nitrogens with zero attached hydrogens (tertiary/aromatic N) is 1. The highest BCUT2D eigenvalue weighted by molar-refractivity contribution is 7.90. The maximum absolute atomic E-state index is 11.5. The minimum Gasteiger partial charge on any atom is -0.376 e. The molecule has 6 nitrogen and oxygen atoms in total. The Morgan fingerprint density at radius 2 is 1.79 bits per heavy atom. The van der Waals surface area contributed by atoms with E-state index in [9.17, 15) is 8.42 Å². The van der Waals surface area contributed by atoms with Gasteiger partial charge in [0.1, 0.15) is 0 Å². The topological polar surface area (TPSA) is 79.8 Å². The van der Waals surface area contributed by atoms with Gasteiger partial charge in [0.15, 0.2) is 15.8 Å². The molecule has 0 radical (unpaired) electrons. The number of rotatable bonds is 9. The van der Waals surface area contributed by atoms with E-state index in [1.54, 1.807) is 12.1 Å². The summed E-state index contributed by atoms with van der Waals surface area (Å²) in [4.78, 5) is 4.94. The van der Waals surface area contributed by atoms with Crippen LogP contribution < -0.4 is 10.6 Å². The van der Waals surface area contributed by atoms with Gasteiger partial charge in [0, 0.05) is 19.3 Å². The van der Waals surface area contributed by atoms with Gasteiger partial charge in [0.25, 0.3) is 0 Å². The van der Waals surface area contributed by atoms with Crippen molar-refractivity contribution in [1.82, 2.24) is 10.6 Å². The predicted octanol–water partition coefficient (Wildman–Crippen LogP) is 2.93. The lowest BCUT2D eigenvalue weighted by molar-refractivity contribution is 0.0487. The third-order valence-corrected chi connectivity index (χ3v) is 6.05. The fourth-order valence-electron chi connectivity index (χ4n) is 3.36. The van der Waals surface area contributed by atoms with Gasteiger partial charge in [-0.05, 0) is 43.9 Å². The molecule has 0 atom stereocenters. The number of hydrogen-bond acceptors (Lipinski definition) is 4. The van der Waals surface area contributed by atoms with Gasteiger partial charge < -0.3 is 15.4 Å². The van der Waals surface area contributed by atoms with Crippen LogP contribution in [0.2, 0.25) is 0 Å². The second kappa shape index (κ2) is 12.1. The summed E-state index contributed by atoms with van der Waals surface area (Å²) in [6.45, 7) is 4.89. The zero-order valence-corrected chi connectivity index (χ0v) is 18.1.